The van der Waals surface area contributed by atoms with E-state index in [1.165, 1.54) is 37.7 Å². The summed E-state index contributed by atoms with van der Waals surface area (Å²) >= 11 is 1.21. The van der Waals surface area contributed by atoms with Crippen LogP contribution in [0.1, 0.15) is 48.6 Å². The molecule has 1 atom stereocenters. The van der Waals surface area contributed by atoms with Crippen LogP contribution in [0.4, 0.5) is 13.2 Å². The monoisotopic (exact) mass is 484 g/mol. The van der Waals surface area contributed by atoms with Gasteiger partial charge in [-0.15, -0.1) is 11.3 Å². The van der Waals surface area contributed by atoms with Crippen LogP contribution in [0.25, 0.3) is 0 Å². The predicted octanol–water partition coefficient (Wildman–Crippen LogP) is 4.85. The van der Waals surface area contributed by atoms with E-state index in [0.29, 0.717) is 15.5 Å². The number of thiophene rings is 1. The highest BCUT2D eigenvalue weighted by atomic mass is 32.1. The molecule has 6 nitrogen and oxygen atoms in total. The minimum absolute atomic E-state index is 0.124. The first-order valence-electron chi connectivity index (χ1n) is 10.7. The molecule has 0 aliphatic heterocycles. The van der Waals surface area contributed by atoms with Crippen LogP contribution >= 0.6 is 11.3 Å². The normalized spacial score (nSPS) is 15.5. The van der Waals surface area contributed by atoms with Crippen LogP contribution in [0.3, 0.4) is 0 Å². The quantitative estimate of drug-likeness (QED) is 0.582. The van der Waals surface area contributed by atoms with Gasteiger partial charge in [0.25, 0.3) is 0 Å². The van der Waals surface area contributed by atoms with Crippen molar-refractivity contribution in [2.24, 2.45) is 0 Å². The summed E-state index contributed by atoms with van der Waals surface area (Å²) in [5.74, 6) is -2.25. The highest BCUT2D eigenvalue weighted by Crippen LogP contribution is 2.37. The number of alkyl halides is 3. The smallest absolute Gasteiger partial charge is 0.471 e. The van der Waals surface area contributed by atoms with Crippen molar-refractivity contribution in [2.75, 3.05) is 14.2 Å². The van der Waals surface area contributed by atoms with Crippen molar-refractivity contribution in [1.29, 1.82) is 0 Å². The molecule has 3 rings (SSSR count). The van der Waals surface area contributed by atoms with Crippen LogP contribution in [0.2, 0.25) is 0 Å². The summed E-state index contributed by atoms with van der Waals surface area (Å²) in [7, 11) is 2.77. The Morgan fingerprint density at radius 3 is 2.45 bits per heavy atom. The minimum atomic E-state index is -5.16. The van der Waals surface area contributed by atoms with Crippen molar-refractivity contribution in [3.05, 3.63) is 46.2 Å². The van der Waals surface area contributed by atoms with E-state index in [4.69, 9.17) is 9.47 Å². The van der Waals surface area contributed by atoms with E-state index in [1.807, 2.05) is 0 Å². The first-order chi connectivity index (χ1) is 15.7. The molecule has 10 heteroatoms. The number of benzene rings is 1. The summed E-state index contributed by atoms with van der Waals surface area (Å²) in [6.07, 6.45) is -0.766. The van der Waals surface area contributed by atoms with Crippen molar-refractivity contribution >= 4 is 23.2 Å². The fourth-order valence-electron chi connectivity index (χ4n) is 4.04. The molecule has 0 unspecified atom stereocenters. The fraction of sp³-hybridized carbons (Fsp3) is 0.478. The third kappa shape index (κ3) is 6.19. The number of ether oxygens (including phenoxy) is 2. The Morgan fingerprint density at radius 2 is 1.88 bits per heavy atom. The number of carbonyl (C=O) groups is 2. The summed E-state index contributed by atoms with van der Waals surface area (Å²) in [6, 6.07) is 6.11. The topological polar surface area (TPSA) is 67.9 Å². The van der Waals surface area contributed by atoms with Crippen LogP contribution in [0.15, 0.2) is 35.7 Å². The summed E-state index contributed by atoms with van der Waals surface area (Å²) in [4.78, 5) is 27.2. The number of carbonyl (C=O) groups excluding carboxylic acids is 2. The zero-order valence-corrected chi connectivity index (χ0v) is 19.3. The molecular formula is C23H27F3N2O4S. The highest BCUT2D eigenvalue weighted by Gasteiger charge is 2.47. The van der Waals surface area contributed by atoms with Crippen LogP contribution in [0, 0.1) is 0 Å². The molecule has 0 spiro atoms. The second kappa shape index (κ2) is 10.9. The average Bonchev–Trinajstić information content (AvgIpc) is 3.31. The Morgan fingerprint density at radius 1 is 1.15 bits per heavy atom. The van der Waals surface area contributed by atoms with Crippen molar-refractivity contribution in [3.8, 4) is 11.5 Å². The average molecular weight is 485 g/mol. The lowest BCUT2D eigenvalue weighted by atomic mass is 9.94. The van der Waals surface area contributed by atoms with Gasteiger partial charge in [0.15, 0.2) is 0 Å². The van der Waals surface area contributed by atoms with E-state index < -0.39 is 24.0 Å². The molecule has 0 radical (unpaired) electrons. The van der Waals surface area contributed by atoms with Gasteiger partial charge >= 0.3 is 12.1 Å². The van der Waals surface area contributed by atoms with Gasteiger partial charge in [0.1, 0.15) is 17.5 Å². The van der Waals surface area contributed by atoms with Crippen molar-refractivity contribution in [3.63, 3.8) is 0 Å². The number of hydrogen-bond donors (Lipinski definition) is 1. The van der Waals surface area contributed by atoms with Crippen LogP contribution < -0.4 is 14.8 Å². The molecular weight excluding hydrogens is 457 g/mol. The van der Waals surface area contributed by atoms with Crippen LogP contribution in [-0.2, 0) is 16.1 Å². The zero-order valence-electron chi connectivity index (χ0n) is 18.5. The SMILES string of the molecule is COc1ccc(OC)c([C@H](C(=O)NC2CCCCC2)N(Cc2cccs2)C(=O)C(F)(F)F)c1. The standard InChI is InChI=1S/C23H27F3N2O4S/c1-31-16-10-11-19(32-2)18(13-16)20(21(29)27-15-7-4-3-5-8-15)28(22(30)23(24,25)26)14-17-9-6-12-33-17/h6,9-13,15,20H,3-5,7-8,14H2,1-2H3,(H,27,29)/t20-/m1/s1. The number of methoxy groups -OCH3 is 2. The second-order valence-electron chi connectivity index (χ2n) is 7.86. The molecule has 1 aromatic heterocycles. The lowest BCUT2D eigenvalue weighted by molar-refractivity contribution is -0.189. The summed E-state index contributed by atoms with van der Waals surface area (Å²) in [5, 5.41) is 4.58. The lowest BCUT2D eigenvalue weighted by Gasteiger charge is -2.34. The fourth-order valence-corrected chi connectivity index (χ4v) is 4.75. The molecule has 2 amide bonds. The zero-order chi connectivity index (χ0) is 24.0. The van der Waals surface area contributed by atoms with Gasteiger partial charge in [0.2, 0.25) is 5.91 Å². The van der Waals surface area contributed by atoms with Gasteiger partial charge in [0.05, 0.1) is 20.8 Å². The van der Waals surface area contributed by atoms with Gasteiger partial charge in [-0.25, -0.2) is 0 Å². The van der Waals surface area contributed by atoms with Crippen LogP contribution in [-0.4, -0.2) is 43.2 Å². The molecule has 1 aliphatic rings. The van der Waals surface area contributed by atoms with Gasteiger partial charge in [0, 0.05) is 16.5 Å². The number of nitrogens with one attached hydrogen (secondary N) is 1. The predicted molar refractivity (Wildman–Crippen MR) is 118 cm³/mol. The van der Waals surface area contributed by atoms with Gasteiger partial charge in [-0.2, -0.15) is 13.2 Å². The maximum Gasteiger partial charge on any atom is 0.471 e. The molecule has 1 saturated carbocycles. The number of halogens is 3. The molecule has 0 bridgehead atoms. The number of amides is 2. The minimum Gasteiger partial charge on any atom is -0.497 e. The first kappa shape index (κ1) is 24.9. The highest BCUT2D eigenvalue weighted by molar-refractivity contribution is 7.09. The molecule has 180 valence electrons. The molecule has 1 fully saturated rings. The van der Waals surface area contributed by atoms with Gasteiger partial charge in [-0.05, 0) is 42.5 Å². The molecule has 1 N–H and O–H groups in total. The van der Waals surface area contributed by atoms with Crippen molar-refractivity contribution in [1.82, 2.24) is 10.2 Å². The Kier molecular flexibility index (Phi) is 8.23. The van der Waals surface area contributed by atoms with Crippen LogP contribution in [0.5, 0.6) is 11.5 Å². The molecule has 33 heavy (non-hydrogen) atoms. The maximum atomic E-state index is 13.7. The number of nitrogens with zero attached hydrogens (tertiary/aromatic N) is 1. The summed E-state index contributed by atoms with van der Waals surface area (Å²) in [5.41, 5.74) is 0.124. The van der Waals surface area contributed by atoms with E-state index in [1.54, 1.807) is 23.6 Å². The van der Waals surface area contributed by atoms with E-state index in [0.717, 1.165) is 32.1 Å². The maximum absolute atomic E-state index is 13.7. The van der Waals surface area contributed by atoms with E-state index in [9.17, 15) is 22.8 Å². The third-order valence-corrected chi connectivity index (χ3v) is 6.51. The van der Waals surface area contributed by atoms with E-state index in [-0.39, 0.29) is 23.9 Å². The molecule has 1 heterocycles. The molecule has 2 aromatic rings. The van der Waals surface area contributed by atoms with Gasteiger partial charge < -0.3 is 19.7 Å². The molecule has 1 aliphatic carbocycles. The van der Waals surface area contributed by atoms with Gasteiger partial charge in [-0.1, -0.05) is 25.3 Å². The Bertz CT molecular complexity index is 944. The van der Waals surface area contributed by atoms with Crippen molar-refractivity contribution < 1.29 is 32.2 Å². The second-order valence-corrected chi connectivity index (χ2v) is 8.90. The van der Waals surface area contributed by atoms with E-state index in [2.05, 4.69) is 5.32 Å². The third-order valence-electron chi connectivity index (χ3n) is 5.65. The Hall–Kier alpha value is -2.75. The van der Waals surface area contributed by atoms with Gasteiger partial charge in [-0.3, -0.25) is 9.59 Å². The number of rotatable bonds is 8. The number of hydrogen-bond acceptors (Lipinski definition) is 5. The first-order valence-corrected chi connectivity index (χ1v) is 11.5. The van der Waals surface area contributed by atoms with E-state index >= 15 is 0 Å². The Labute approximate surface area is 194 Å². The largest absolute Gasteiger partial charge is 0.497 e. The van der Waals surface area contributed by atoms with Crippen molar-refractivity contribution in [2.45, 2.75) is 56.9 Å². The molecule has 0 saturated heterocycles. The molecule has 1 aromatic carbocycles. The summed E-state index contributed by atoms with van der Waals surface area (Å²) in [6.45, 7) is -0.376. The lowest BCUT2D eigenvalue weighted by Crippen LogP contribution is -2.50. The Balaban J connectivity index is 2.09. The summed E-state index contributed by atoms with van der Waals surface area (Å²) < 4.78 is 51.6.